The first-order chi connectivity index (χ1) is 10.6. The third-order valence-electron chi connectivity index (χ3n) is 4.16. The van der Waals surface area contributed by atoms with Crippen molar-refractivity contribution in [3.63, 3.8) is 0 Å². The highest BCUT2D eigenvalue weighted by Crippen LogP contribution is 2.24. The molecule has 23 heavy (non-hydrogen) atoms. The molecule has 0 bridgehead atoms. The Morgan fingerprint density at radius 1 is 1.26 bits per heavy atom. The van der Waals surface area contributed by atoms with E-state index in [0.717, 1.165) is 22.9 Å². The summed E-state index contributed by atoms with van der Waals surface area (Å²) in [5.41, 5.74) is 1.63. The van der Waals surface area contributed by atoms with Crippen molar-refractivity contribution < 1.29 is 4.21 Å². The largest absolute Gasteiger partial charge is 0.311 e. The Bertz CT molecular complexity index is 805. The summed E-state index contributed by atoms with van der Waals surface area (Å²) in [5.74, 6) is 0.657. The zero-order valence-electron chi connectivity index (χ0n) is 14.4. The van der Waals surface area contributed by atoms with Gasteiger partial charge < -0.3 is 4.57 Å². The predicted octanol–water partition coefficient (Wildman–Crippen LogP) is 4.23. The molecule has 0 N–H and O–H groups in total. The first kappa shape index (κ1) is 18.2. The van der Waals surface area contributed by atoms with Gasteiger partial charge in [-0.2, -0.15) is 0 Å². The van der Waals surface area contributed by atoms with E-state index in [1.807, 2.05) is 45.9 Å². The Morgan fingerprint density at radius 2 is 1.91 bits per heavy atom. The quantitative estimate of drug-likeness (QED) is 0.824. The Morgan fingerprint density at radius 3 is 2.52 bits per heavy atom. The molecule has 0 aliphatic rings. The second-order valence-corrected chi connectivity index (χ2v) is 9.78. The lowest BCUT2D eigenvalue weighted by Crippen LogP contribution is -2.26. The molecule has 0 amide bonds. The SMILES string of the molecule is C[C@H](CC[S@@](=O)C(C)(C)C)c1cc2cc(Cl)ccc2n(C)c1=O. The monoisotopic (exact) mass is 353 g/mol. The Labute approximate surface area is 145 Å². The van der Waals surface area contributed by atoms with Gasteiger partial charge >= 0.3 is 0 Å². The van der Waals surface area contributed by atoms with Crippen molar-refractivity contribution in [2.45, 2.75) is 44.8 Å². The van der Waals surface area contributed by atoms with Gasteiger partial charge in [0.05, 0.1) is 5.52 Å². The molecule has 0 fully saturated rings. The number of hydrogen-bond donors (Lipinski definition) is 0. The molecule has 126 valence electrons. The molecule has 1 aromatic carbocycles. The van der Waals surface area contributed by atoms with Gasteiger partial charge in [0.15, 0.2) is 0 Å². The lowest BCUT2D eigenvalue weighted by atomic mass is 9.98. The van der Waals surface area contributed by atoms with Crippen LogP contribution in [0, 0.1) is 0 Å². The third kappa shape index (κ3) is 4.04. The fraction of sp³-hybridized carbons (Fsp3) is 0.500. The second-order valence-electron chi connectivity index (χ2n) is 7.02. The van der Waals surface area contributed by atoms with Crippen LogP contribution in [0.2, 0.25) is 5.02 Å². The molecule has 2 aromatic rings. The normalized spacial score (nSPS) is 14.9. The van der Waals surface area contributed by atoms with Crippen LogP contribution in [0.3, 0.4) is 0 Å². The van der Waals surface area contributed by atoms with E-state index in [-0.39, 0.29) is 16.2 Å². The fourth-order valence-corrected chi connectivity index (χ4v) is 3.94. The summed E-state index contributed by atoms with van der Waals surface area (Å²) in [5, 5.41) is 1.61. The van der Waals surface area contributed by atoms with E-state index in [2.05, 4.69) is 0 Å². The third-order valence-corrected chi connectivity index (χ3v) is 6.37. The van der Waals surface area contributed by atoms with Crippen LogP contribution in [-0.2, 0) is 17.8 Å². The second kappa shape index (κ2) is 6.78. The van der Waals surface area contributed by atoms with Gasteiger partial charge in [-0.3, -0.25) is 9.00 Å². The molecular weight excluding hydrogens is 330 g/mol. The fourth-order valence-electron chi connectivity index (χ4n) is 2.58. The number of nitrogens with zero attached hydrogens (tertiary/aromatic N) is 1. The van der Waals surface area contributed by atoms with Gasteiger partial charge in [0.1, 0.15) is 0 Å². The van der Waals surface area contributed by atoms with Crippen molar-refractivity contribution in [2.24, 2.45) is 7.05 Å². The minimum absolute atomic E-state index is 0.00821. The van der Waals surface area contributed by atoms with Crippen LogP contribution in [0.5, 0.6) is 0 Å². The number of halogens is 1. The first-order valence-electron chi connectivity index (χ1n) is 7.79. The molecule has 0 saturated heterocycles. The number of hydrogen-bond acceptors (Lipinski definition) is 2. The van der Waals surface area contributed by atoms with Crippen molar-refractivity contribution in [3.8, 4) is 0 Å². The molecule has 2 atom stereocenters. The molecule has 0 unspecified atom stereocenters. The molecule has 3 nitrogen and oxygen atoms in total. The summed E-state index contributed by atoms with van der Waals surface area (Å²) in [6.45, 7) is 7.95. The number of aryl methyl sites for hydroxylation is 1. The summed E-state index contributed by atoms with van der Waals surface area (Å²) in [7, 11) is 0.875. The molecule has 1 heterocycles. The van der Waals surface area contributed by atoms with E-state index in [1.54, 1.807) is 17.7 Å². The van der Waals surface area contributed by atoms with Gasteiger partial charge in [0.25, 0.3) is 5.56 Å². The van der Waals surface area contributed by atoms with E-state index in [4.69, 9.17) is 11.6 Å². The molecule has 1 aromatic heterocycles. The molecule has 0 saturated carbocycles. The van der Waals surface area contributed by atoms with Crippen molar-refractivity contribution >= 4 is 33.3 Å². The highest BCUT2D eigenvalue weighted by molar-refractivity contribution is 7.86. The summed E-state index contributed by atoms with van der Waals surface area (Å²) in [6, 6.07) is 7.45. The van der Waals surface area contributed by atoms with Gasteiger partial charge in [-0.1, -0.05) is 18.5 Å². The summed E-state index contributed by atoms with van der Waals surface area (Å²) in [6.07, 6.45) is 0.727. The lowest BCUT2D eigenvalue weighted by Gasteiger charge is -2.20. The first-order valence-corrected chi connectivity index (χ1v) is 9.48. The van der Waals surface area contributed by atoms with E-state index in [9.17, 15) is 9.00 Å². The predicted molar refractivity (Wildman–Crippen MR) is 100.0 cm³/mol. The Balaban J connectivity index is 2.34. The molecule has 0 aliphatic heterocycles. The maximum absolute atomic E-state index is 12.6. The van der Waals surface area contributed by atoms with E-state index in [1.165, 1.54) is 0 Å². The van der Waals surface area contributed by atoms with Gasteiger partial charge in [-0.05, 0) is 57.4 Å². The number of benzene rings is 1. The van der Waals surface area contributed by atoms with Crippen LogP contribution < -0.4 is 5.56 Å². The number of aromatic nitrogens is 1. The minimum atomic E-state index is -0.904. The standard InChI is InChI=1S/C18H24ClNO2S/c1-12(8-9-23(22)18(2,3)4)15-11-13-10-14(19)6-7-16(13)20(5)17(15)21/h6-7,10-12H,8-9H2,1-5H3/t12-,23-/m1/s1. The van der Waals surface area contributed by atoms with Crippen LogP contribution in [0.15, 0.2) is 29.1 Å². The maximum Gasteiger partial charge on any atom is 0.254 e. The number of pyridine rings is 1. The van der Waals surface area contributed by atoms with Crippen molar-refractivity contribution in [1.29, 1.82) is 0 Å². The van der Waals surface area contributed by atoms with E-state index < -0.39 is 10.8 Å². The van der Waals surface area contributed by atoms with Crippen LogP contribution in [0.25, 0.3) is 10.9 Å². The van der Waals surface area contributed by atoms with Gasteiger partial charge in [-0.25, -0.2) is 0 Å². The van der Waals surface area contributed by atoms with Crippen molar-refractivity contribution in [3.05, 3.63) is 45.2 Å². The Hall–Kier alpha value is -1.13. The molecule has 5 heteroatoms. The highest BCUT2D eigenvalue weighted by atomic mass is 35.5. The van der Waals surface area contributed by atoms with Crippen LogP contribution in [0.4, 0.5) is 0 Å². The van der Waals surface area contributed by atoms with Gasteiger partial charge in [0.2, 0.25) is 0 Å². The van der Waals surface area contributed by atoms with Gasteiger partial charge in [-0.15, -0.1) is 0 Å². The maximum atomic E-state index is 12.6. The van der Waals surface area contributed by atoms with Crippen molar-refractivity contribution in [1.82, 2.24) is 4.57 Å². The molecular formula is C18H24ClNO2S. The molecule has 0 spiro atoms. The van der Waals surface area contributed by atoms with Crippen molar-refractivity contribution in [2.75, 3.05) is 5.75 Å². The summed E-state index contributed by atoms with van der Waals surface area (Å²) < 4.78 is 13.7. The average Bonchev–Trinajstić information content (AvgIpc) is 2.46. The summed E-state index contributed by atoms with van der Waals surface area (Å²) >= 11 is 6.07. The number of fused-ring (bicyclic) bond motifs is 1. The van der Waals surface area contributed by atoms with E-state index >= 15 is 0 Å². The number of rotatable bonds is 4. The molecule has 2 rings (SSSR count). The summed E-state index contributed by atoms with van der Waals surface area (Å²) in [4.78, 5) is 12.6. The van der Waals surface area contributed by atoms with Gasteiger partial charge in [0, 0.05) is 44.3 Å². The molecule has 0 radical (unpaired) electrons. The van der Waals surface area contributed by atoms with Crippen LogP contribution in [-0.4, -0.2) is 19.3 Å². The van der Waals surface area contributed by atoms with E-state index in [0.29, 0.717) is 10.8 Å². The Kier molecular flexibility index (Phi) is 5.37. The topological polar surface area (TPSA) is 39.1 Å². The molecule has 0 aliphatic carbocycles. The van der Waals surface area contributed by atoms with Crippen LogP contribution in [0.1, 0.15) is 45.6 Å². The average molecular weight is 354 g/mol. The smallest absolute Gasteiger partial charge is 0.254 e. The zero-order chi connectivity index (χ0) is 17.4. The van der Waals surface area contributed by atoms with Crippen LogP contribution >= 0.6 is 11.6 Å². The lowest BCUT2D eigenvalue weighted by molar-refractivity contribution is 0.636. The minimum Gasteiger partial charge on any atom is -0.311 e. The zero-order valence-corrected chi connectivity index (χ0v) is 15.9. The highest BCUT2D eigenvalue weighted by Gasteiger charge is 2.21.